The van der Waals surface area contributed by atoms with E-state index in [1.165, 1.54) is 32.3 Å². The molecule has 3 aromatic rings. The lowest BCUT2D eigenvalue weighted by Gasteiger charge is -2.38. The number of hydrogen-bond acceptors (Lipinski definition) is 3. The molecule has 0 N–H and O–H groups in total. The van der Waals surface area contributed by atoms with Crippen LogP contribution in [0.15, 0.2) is 82.6 Å². The van der Waals surface area contributed by atoms with Crippen molar-refractivity contribution in [2.45, 2.75) is 23.6 Å². The number of piperazine rings is 1. The molecule has 0 amide bonds. The summed E-state index contributed by atoms with van der Waals surface area (Å²) in [6.45, 7) is 8.59. The van der Waals surface area contributed by atoms with Crippen molar-refractivity contribution in [1.82, 2.24) is 0 Å². The Hall–Kier alpha value is -2.39. The van der Waals surface area contributed by atoms with Crippen molar-refractivity contribution in [3.05, 3.63) is 83.9 Å². The molecule has 1 saturated heterocycles. The SMILES string of the molecule is Cc1ccc(Sc2ccccc2N2CCN(c3ccccc3)CC2)c(C)c1. The predicted octanol–water partition coefficient (Wildman–Crippen LogP) is 5.78. The zero-order chi connectivity index (χ0) is 18.6. The molecule has 0 spiro atoms. The van der Waals surface area contributed by atoms with Crippen LogP contribution in [0, 0.1) is 13.8 Å². The van der Waals surface area contributed by atoms with Gasteiger partial charge in [0.2, 0.25) is 0 Å². The molecule has 1 aliphatic heterocycles. The van der Waals surface area contributed by atoms with Gasteiger partial charge in [-0.05, 0) is 49.7 Å². The standard InChI is InChI=1S/C24H26N2S/c1-19-12-13-23(20(2)18-19)27-24-11-7-6-10-22(24)26-16-14-25(15-17-26)21-8-4-3-5-9-21/h3-13,18H,14-17H2,1-2H3. The number of hydrogen-bond donors (Lipinski definition) is 0. The average Bonchev–Trinajstić information content (AvgIpc) is 2.71. The molecule has 0 atom stereocenters. The van der Waals surface area contributed by atoms with E-state index >= 15 is 0 Å². The first-order valence-electron chi connectivity index (χ1n) is 9.60. The Morgan fingerprint density at radius 2 is 1.33 bits per heavy atom. The summed E-state index contributed by atoms with van der Waals surface area (Å²) in [5, 5.41) is 0. The van der Waals surface area contributed by atoms with Gasteiger partial charge in [-0.2, -0.15) is 0 Å². The fraction of sp³-hybridized carbons (Fsp3) is 0.250. The molecule has 1 fully saturated rings. The second kappa shape index (κ2) is 8.10. The van der Waals surface area contributed by atoms with Crippen molar-refractivity contribution in [2.75, 3.05) is 36.0 Å². The van der Waals surface area contributed by atoms with Gasteiger partial charge in [-0.3, -0.25) is 0 Å². The Morgan fingerprint density at radius 3 is 2.07 bits per heavy atom. The third kappa shape index (κ3) is 4.14. The van der Waals surface area contributed by atoms with E-state index in [2.05, 4.69) is 96.4 Å². The van der Waals surface area contributed by atoms with Gasteiger partial charge in [-0.25, -0.2) is 0 Å². The van der Waals surface area contributed by atoms with E-state index in [0.717, 1.165) is 26.2 Å². The zero-order valence-electron chi connectivity index (χ0n) is 16.1. The highest BCUT2D eigenvalue weighted by Gasteiger charge is 2.19. The van der Waals surface area contributed by atoms with E-state index in [9.17, 15) is 0 Å². The largest absolute Gasteiger partial charge is 0.368 e. The zero-order valence-corrected chi connectivity index (χ0v) is 16.9. The molecule has 0 radical (unpaired) electrons. The molecule has 0 bridgehead atoms. The average molecular weight is 375 g/mol. The monoisotopic (exact) mass is 374 g/mol. The maximum absolute atomic E-state index is 2.53. The minimum Gasteiger partial charge on any atom is -0.368 e. The number of para-hydroxylation sites is 2. The lowest BCUT2D eigenvalue weighted by atomic mass is 10.2. The summed E-state index contributed by atoms with van der Waals surface area (Å²) in [4.78, 5) is 7.70. The molecule has 1 aliphatic rings. The Kier molecular flexibility index (Phi) is 5.40. The van der Waals surface area contributed by atoms with E-state index in [1.807, 2.05) is 11.8 Å². The number of rotatable bonds is 4. The second-order valence-electron chi connectivity index (χ2n) is 7.15. The maximum Gasteiger partial charge on any atom is 0.0509 e. The van der Waals surface area contributed by atoms with Crippen LogP contribution in [0.2, 0.25) is 0 Å². The highest BCUT2D eigenvalue weighted by atomic mass is 32.2. The molecular formula is C24H26N2S. The van der Waals surface area contributed by atoms with Crippen LogP contribution in [0.25, 0.3) is 0 Å². The lowest BCUT2D eigenvalue weighted by molar-refractivity contribution is 0.650. The molecule has 3 heteroatoms. The van der Waals surface area contributed by atoms with Gasteiger partial charge in [0.05, 0.1) is 5.69 Å². The Labute approximate surface area is 166 Å². The summed E-state index contributed by atoms with van der Waals surface area (Å²) < 4.78 is 0. The summed E-state index contributed by atoms with van der Waals surface area (Å²) in [7, 11) is 0. The van der Waals surface area contributed by atoms with Crippen LogP contribution in [-0.2, 0) is 0 Å². The smallest absolute Gasteiger partial charge is 0.0509 e. The minimum absolute atomic E-state index is 1.05. The number of anilines is 2. The highest BCUT2D eigenvalue weighted by molar-refractivity contribution is 7.99. The normalized spacial score (nSPS) is 14.4. The van der Waals surface area contributed by atoms with Gasteiger partial charge < -0.3 is 9.80 Å². The minimum atomic E-state index is 1.05. The van der Waals surface area contributed by atoms with Crippen molar-refractivity contribution in [3.8, 4) is 0 Å². The molecule has 1 heterocycles. The topological polar surface area (TPSA) is 6.48 Å². The van der Waals surface area contributed by atoms with Crippen molar-refractivity contribution in [2.24, 2.45) is 0 Å². The quantitative estimate of drug-likeness (QED) is 0.571. The number of nitrogens with zero attached hydrogens (tertiary/aromatic N) is 2. The second-order valence-corrected chi connectivity index (χ2v) is 8.23. The number of aryl methyl sites for hydroxylation is 2. The van der Waals surface area contributed by atoms with Crippen LogP contribution in [0.3, 0.4) is 0 Å². The molecule has 27 heavy (non-hydrogen) atoms. The van der Waals surface area contributed by atoms with Gasteiger partial charge in [0, 0.05) is 41.7 Å². The third-order valence-electron chi connectivity index (χ3n) is 5.16. The van der Waals surface area contributed by atoms with Gasteiger partial charge >= 0.3 is 0 Å². The van der Waals surface area contributed by atoms with E-state index in [-0.39, 0.29) is 0 Å². The summed E-state index contributed by atoms with van der Waals surface area (Å²) in [5.41, 5.74) is 5.36. The molecule has 138 valence electrons. The van der Waals surface area contributed by atoms with Crippen LogP contribution in [0.4, 0.5) is 11.4 Å². The molecule has 2 nitrogen and oxygen atoms in total. The summed E-state index contributed by atoms with van der Waals surface area (Å²) in [6, 6.07) is 26.3. The van der Waals surface area contributed by atoms with Crippen LogP contribution < -0.4 is 9.80 Å². The van der Waals surface area contributed by atoms with Crippen molar-refractivity contribution >= 4 is 23.1 Å². The third-order valence-corrected chi connectivity index (χ3v) is 6.40. The highest BCUT2D eigenvalue weighted by Crippen LogP contribution is 2.37. The molecule has 0 saturated carbocycles. The fourth-order valence-electron chi connectivity index (χ4n) is 3.68. The van der Waals surface area contributed by atoms with E-state index in [1.54, 1.807) is 0 Å². The molecule has 0 aromatic heterocycles. The molecule has 0 aliphatic carbocycles. The summed E-state index contributed by atoms with van der Waals surface area (Å²) >= 11 is 1.89. The Morgan fingerprint density at radius 1 is 0.667 bits per heavy atom. The predicted molar refractivity (Wildman–Crippen MR) is 117 cm³/mol. The lowest BCUT2D eigenvalue weighted by Crippen LogP contribution is -2.46. The van der Waals surface area contributed by atoms with E-state index in [0.29, 0.717) is 0 Å². The van der Waals surface area contributed by atoms with Gasteiger partial charge in [0.1, 0.15) is 0 Å². The summed E-state index contributed by atoms with van der Waals surface area (Å²) in [6.07, 6.45) is 0. The summed E-state index contributed by atoms with van der Waals surface area (Å²) in [5.74, 6) is 0. The van der Waals surface area contributed by atoms with Crippen molar-refractivity contribution in [1.29, 1.82) is 0 Å². The van der Waals surface area contributed by atoms with E-state index < -0.39 is 0 Å². The Balaban J connectivity index is 1.50. The van der Waals surface area contributed by atoms with E-state index in [4.69, 9.17) is 0 Å². The van der Waals surface area contributed by atoms with Crippen LogP contribution >= 0.6 is 11.8 Å². The van der Waals surface area contributed by atoms with Crippen LogP contribution in [-0.4, -0.2) is 26.2 Å². The van der Waals surface area contributed by atoms with Gasteiger partial charge in [-0.1, -0.05) is 59.8 Å². The Bertz CT molecular complexity index is 899. The van der Waals surface area contributed by atoms with Gasteiger partial charge in [0.25, 0.3) is 0 Å². The maximum atomic E-state index is 2.53. The molecule has 3 aromatic carbocycles. The van der Waals surface area contributed by atoms with Crippen molar-refractivity contribution < 1.29 is 0 Å². The van der Waals surface area contributed by atoms with Gasteiger partial charge in [-0.15, -0.1) is 0 Å². The fourth-order valence-corrected chi connectivity index (χ4v) is 4.72. The first kappa shape index (κ1) is 18.0. The van der Waals surface area contributed by atoms with Crippen LogP contribution in [0.1, 0.15) is 11.1 Å². The van der Waals surface area contributed by atoms with Gasteiger partial charge in [0.15, 0.2) is 0 Å². The molecular weight excluding hydrogens is 348 g/mol. The first-order chi connectivity index (χ1) is 13.2. The first-order valence-corrected chi connectivity index (χ1v) is 10.4. The van der Waals surface area contributed by atoms with Crippen molar-refractivity contribution in [3.63, 3.8) is 0 Å². The van der Waals surface area contributed by atoms with Crippen LogP contribution in [0.5, 0.6) is 0 Å². The molecule has 0 unspecified atom stereocenters. The molecule has 4 rings (SSSR count). The number of benzene rings is 3.